The monoisotopic (exact) mass is 444 g/mol. The Kier molecular flexibility index (Phi) is 5.83. The van der Waals surface area contributed by atoms with E-state index in [4.69, 9.17) is 24.2 Å². The van der Waals surface area contributed by atoms with E-state index in [0.29, 0.717) is 5.92 Å². The first-order chi connectivity index (χ1) is 15.3. The average molecular weight is 445 g/mol. The smallest absolute Gasteiger partial charge is 0.160 e. The molecule has 8 heteroatoms. The third kappa shape index (κ3) is 4.09. The summed E-state index contributed by atoms with van der Waals surface area (Å²) >= 11 is 1.91. The van der Waals surface area contributed by atoms with E-state index in [2.05, 4.69) is 9.80 Å². The lowest BCUT2D eigenvalue weighted by Crippen LogP contribution is -2.39. The number of hydrogen-bond acceptors (Lipinski definition) is 8. The molecule has 3 fully saturated rings. The Labute approximate surface area is 187 Å². The molecule has 0 unspecified atom stereocenters. The molecule has 0 radical (unpaired) electrons. The largest absolute Gasteiger partial charge is 0.379 e. The van der Waals surface area contributed by atoms with Gasteiger partial charge in [-0.1, -0.05) is 0 Å². The fraction of sp³-hybridized carbons (Fsp3) is 0.739. The number of anilines is 1. The molecule has 0 bridgehead atoms. The molecule has 0 saturated carbocycles. The van der Waals surface area contributed by atoms with Crippen molar-refractivity contribution in [3.05, 3.63) is 16.3 Å². The highest BCUT2D eigenvalue weighted by atomic mass is 32.1. The molecule has 0 aromatic carbocycles. The van der Waals surface area contributed by atoms with E-state index in [1.54, 1.807) is 4.88 Å². The summed E-state index contributed by atoms with van der Waals surface area (Å²) in [5, 5.41) is 1.34. The number of rotatable bonds is 4. The van der Waals surface area contributed by atoms with Crippen LogP contribution in [0.25, 0.3) is 10.2 Å². The normalized spacial score (nSPS) is 24.2. The summed E-state index contributed by atoms with van der Waals surface area (Å²) in [4.78, 5) is 17.9. The molecule has 168 valence electrons. The summed E-state index contributed by atoms with van der Waals surface area (Å²) in [5.74, 6) is 2.65. The van der Waals surface area contributed by atoms with Gasteiger partial charge in [-0.15, -0.1) is 11.3 Å². The van der Waals surface area contributed by atoms with Crippen LogP contribution in [0, 0.1) is 5.92 Å². The van der Waals surface area contributed by atoms with E-state index in [0.717, 1.165) is 77.8 Å². The lowest BCUT2D eigenvalue weighted by Gasteiger charge is -2.35. The second-order valence-corrected chi connectivity index (χ2v) is 10.3. The van der Waals surface area contributed by atoms with E-state index in [-0.39, 0.29) is 6.29 Å². The lowest BCUT2D eigenvalue weighted by atomic mass is 9.94. The molecule has 2 aromatic rings. The summed E-state index contributed by atoms with van der Waals surface area (Å²) < 4.78 is 17.1. The third-order valence-electron chi connectivity index (χ3n) is 7.18. The molecule has 0 spiro atoms. The number of hydrogen-bond donors (Lipinski definition) is 0. The molecule has 0 amide bonds. The summed E-state index contributed by atoms with van der Waals surface area (Å²) in [6.07, 6.45) is 7.16. The second kappa shape index (κ2) is 8.90. The van der Waals surface area contributed by atoms with Crippen LogP contribution >= 0.6 is 11.3 Å². The van der Waals surface area contributed by atoms with Gasteiger partial charge in [-0.3, -0.25) is 4.90 Å². The lowest BCUT2D eigenvalue weighted by molar-refractivity contribution is -0.0889. The molecule has 3 saturated heterocycles. The van der Waals surface area contributed by atoms with Crippen LogP contribution in [0.1, 0.15) is 41.9 Å². The number of thiophene rings is 1. The Bertz CT molecular complexity index is 915. The first-order valence-corrected chi connectivity index (χ1v) is 12.8. The van der Waals surface area contributed by atoms with Gasteiger partial charge in [-0.05, 0) is 44.1 Å². The van der Waals surface area contributed by atoms with Gasteiger partial charge in [0.25, 0.3) is 0 Å². The number of fused-ring (bicyclic) bond motifs is 3. The van der Waals surface area contributed by atoms with Crippen molar-refractivity contribution in [2.75, 3.05) is 57.5 Å². The van der Waals surface area contributed by atoms with Gasteiger partial charge in [0.1, 0.15) is 16.5 Å². The van der Waals surface area contributed by atoms with Crippen molar-refractivity contribution in [3.8, 4) is 0 Å². The first-order valence-electron chi connectivity index (χ1n) is 11.9. The molecular formula is C23H32N4O3S. The van der Waals surface area contributed by atoms with Gasteiger partial charge < -0.3 is 19.1 Å². The minimum absolute atomic E-state index is 0.00152. The Morgan fingerprint density at radius 3 is 2.48 bits per heavy atom. The van der Waals surface area contributed by atoms with Gasteiger partial charge >= 0.3 is 0 Å². The predicted molar refractivity (Wildman–Crippen MR) is 121 cm³/mol. The molecule has 4 aliphatic rings. The summed E-state index contributed by atoms with van der Waals surface area (Å²) in [5.41, 5.74) is 1.53. The molecule has 1 aliphatic carbocycles. The van der Waals surface area contributed by atoms with Gasteiger partial charge in [0.05, 0.1) is 38.4 Å². The van der Waals surface area contributed by atoms with Crippen LogP contribution in [0.2, 0.25) is 0 Å². The van der Waals surface area contributed by atoms with E-state index in [1.165, 1.54) is 47.3 Å². The number of nitrogens with zero attached hydrogens (tertiary/aromatic N) is 4. The molecule has 0 N–H and O–H groups in total. The quantitative estimate of drug-likeness (QED) is 0.718. The fourth-order valence-corrected chi connectivity index (χ4v) is 6.75. The van der Waals surface area contributed by atoms with Gasteiger partial charge in [0.2, 0.25) is 0 Å². The highest BCUT2D eigenvalue weighted by Gasteiger charge is 2.32. The fourth-order valence-electron chi connectivity index (χ4n) is 5.47. The van der Waals surface area contributed by atoms with Crippen LogP contribution in [0.15, 0.2) is 0 Å². The molecule has 6 rings (SSSR count). The van der Waals surface area contributed by atoms with E-state index in [1.807, 2.05) is 11.3 Å². The predicted octanol–water partition coefficient (Wildman–Crippen LogP) is 2.99. The Morgan fingerprint density at radius 1 is 0.903 bits per heavy atom. The number of ether oxygens (including phenoxy) is 3. The SMILES string of the molecule is C1CCc2c(sc3nc(CN4CCOCC4)nc(N4CCC(C5OCCO5)CC4)c23)C1. The highest BCUT2D eigenvalue weighted by Crippen LogP contribution is 2.41. The van der Waals surface area contributed by atoms with Crippen LogP contribution in [-0.2, 0) is 33.6 Å². The summed E-state index contributed by atoms with van der Waals surface area (Å²) in [7, 11) is 0. The van der Waals surface area contributed by atoms with Gasteiger partial charge in [0.15, 0.2) is 6.29 Å². The molecule has 5 heterocycles. The van der Waals surface area contributed by atoms with E-state index < -0.39 is 0 Å². The number of aryl methyl sites for hydroxylation is 2. The maximum Gasteiger partial charge on any atom is 0.160 e. The number of piperidine rings is 1. The van der Waals surface area contributed by atoms with E-state index in [9.17, 15) is 0 Å². The minimum Gasteiger partial charge on any atom is -0.379 e. The molecule has 3 aliphatic heterocycles. The summed E-state index contributed by atoms with van der Waals surface area (Å²) in [6, 6.07) is 0. The Morgan fingerprint density at radius 2 is 1.68 bits per heavy atom. The highest BCUT2D eigenvalue weighted by molar-refractivity contribution is 7.19. The van der Waals surface area contributed by atoms with Crippen LogP contribution in [-0.4, -0.2) is 73.8 Å². The zero-order valence-electron chi connectivity index (χ0n) is 18.2. The molecular weight excluding hydrogens is 412 g/mol. The van der Waals surface area contributed by atoms with Gasteiger partial charge in [0, 0.05) is 37.0 Å². The van der Waals surface area contributed by atoms with Crippen molar-refractivity contribution < 1.29 is 14.2 Å². The average Bonchev–Trinajstić information content (AvgIpc) is 3.47. The Balaban J connectivity index is 1.30. The van der Waals surface area contributed by atoms with Crippen molar-refractivity contribution in [1.82, 2.24) is 14.9 Å². The van der Waals surface area contributed by atoms with Gasteiger partial charge in [-0.2, -0.15) is 0 Å². The zero-order chi connectivity index (χ0) is 20.6. The molecule has 2 aromatic heterocycles. The maximum atomic E-state index is 5.79. The summed E-state index contributed by atoms with van der Waals surface area (Å²) in [6.45, 7) is 7.86. The first kappa shape index (κ1) is 20.3. The number of morpholine rings is 1. The minimum atomic E-state index is -0.00152. The standard InChI is InChI=1S/C23H32N4O3S/c1-2-4-18-17(3-1)20-21(27-7-5-16(6-8-27)23-29-13-14-30-23)24-19(25-22(20)31-18)15-26-9-11-28-12-10-26/h16,23H,1-15H2. The molecule has 7 nitrogen and oxygen atoms in total. The van der Waals surface area contributed by atoms with Crippen molar-refractivity contribution in [1.29, 1.82) is 0 Å². The van der Waals surface area contributed by atoms with Crippen LogP contribution in [0.3, 0.4) is 0 Å². The zero-order valence-corrected chi connectivity index (χ0v) is 19.0. The van der Waals surface area contributed by atoms with Crippen molar-refractivity contribution >= 4 is 27.4 Å². The second-order valence-electron chi connectivity index (χ2n) is 9.18. The number of aromatic nitrogens is 2. The van der Waals surface area contributed by atoms with Crippen LogP contribution < -0.4 is 4.90 Å². The van der Waals surface area contributed by atoms with Crippen molar-refractivity contribution in [2.24, 2.45) is 5.92 Å². The molecule has 0 atom stereocenters. The third-order valence-corrected chi connectivity index (χ3v) is 8.37. The van der Waals surface area contributed by atoms with Crippen LogP contribution in [0.4, 0.5) is 5.82 Å². The van der Waals surface area contributed by atoms with Crippen LogP contribution in [0.5, 0.6) is 0 Å². The van der Waals surface area contributed by atoms with E-state index >= 15 is 0 Å². The maximum absolute atomic E-state index is 5.79. The Hall–Kier alpha value is -1.32. The van der Waals surface area contributed by atoms with Gasteiger partial charge in [-0.25, -0.2) is 9.97 Å². The van der Waals surface area contributed by atoms with Crippen molar-refractivity contribution in [3.63, 3.8) is 0 Å². The topological polar surface area (TPSA) is 60.0 Å². The van der Waals surface area contributed by atoms with Crippen molar-refractivity contribution in [2.45, 2.75) is 51.4 Å². The molecule has 31 heavy (non-hydrogen) atoms.